The van der Waals surface area contributed by atoms with Crippen LogP contribution in [0.5, 0.6) is 11.8 Å². The van der Waals surface area contributed by atoms with Crippen LogP contribution in [0.1, 0.15) is 86.7 Å². The number of anilines is 1. The van der Waals surface area contributed by atoms with Gasteiger partial charge in [0.05, 0.1) is 60.7 Å². The number of likely N-dealkylation sites (tertiary alicyclic amines) is 1. The minimum atomic E-state index is -1.09. The number of nitrogens with one attached hydrogen (secondary N) is 3. The number of aromatic amines is 1. The Hall–Kier alpha value is -8.05. The van der Waals surface area contributed by atoms with Crippen LogP contribution in [0.3, 0.4) is 0 Å². The number of β-amino-alcohol motifs (C(OH)–C–C–N with tert-alkyl or cyclic N) is 1. The van der Waals surface area contributed by atoms with Crippen molar-refractivity contribution in [2.75, 3.05) is 44.9 Å². The summed E-state index contributed by atoms with van der Waals surface area (Å²) in [5, 5.41) is 45.5. The third kappa shape index (κ3) is 10.4. The zero-order valence-electron chi connectivity index (χ0n) is 45.9. The molecule has 0 spiro atoms. The van der Waals surface area contributed by atoms with E-state index in [0.29, 0.717) is 50.8 Å². The van der Waals surface area contributed by atoms with Gasteiger partial charge in [-0.3, -0.25) is 19.7 Å². The highest BCUT2D eigenvalue weighted by atomic mass is 19.1. The number of carbonyl (C=O) groups excluding carboxylic acids is 2. The Morgan fingerprint density at radius 3 is 2.32 bits per heavy atom. The minimum absolute atomic E-state index is 0.0449. The SMILES string of the molecule is CO[C@@H](C)COc1nc(N2C[C@@H]3C[C@H]2CN3)c2cc(C3CC3)c(-c3c(C)c(F)cc4[nH]ncc34)c(OCc3ccc(-c4cn([C@H](C(=O)N5C[C@H](O)C[C@H]5C(=O)N[C@@H](CO)c5ccc(-c6c(F)cncc6F)cc5)C(C)C)nn4)cc3)c2n1. The molecule has 0 radical (unpaired) electrons. The fraction of sp³-hybridized carbons (Fsp3) is 0.400. The van der Waals surface area contributed by atoms with Crippen molar-refractivity contribution in [3.05, 3.63) is 125 Å². The molecule has 19 nitrogen and oxygen atoms in total. The van der Waals surface area contributed by atoms with Crippen molar-refractivity contribution in [3.63, 3.8) is 0 Å². The number of aromatic nitrogens is 8. The van der Waals surface area contributed by atoms with E-state index in [0.717, 1.165) is 78.0 Å². The number of halogens is 3. The molecule has 3 saturated heterocycles. The molecule has 82 heavy (non-hydrogen) atoms. The number of hydrogen-bond donors (Lipinski definition) is 5. The maximum absolute atomic E-state index is 16.1. The summed E-state index contributed by atoms with van der Waals surface area (Å²) in [6.07, 6.45) is 6.86. The molecule has 426 valence electrons. The normalized spacial score (nSPS) is 19.8. The number of carbonyl (C=O) groups is 2. The molecule has 1 saturated carbocycles. The van der Waals surface area contributed by atoms with Gasteiger partial charge in [-0.15, -0.1) is 5.10 Å². The van der Waals surface area contributed by atoms with E-state index in [1.54, 1.807) is 38.6 Å². The number of rotatable bonds is 19. The first-order valence-corrected chi connectivity index (χ1v) is 27.8. The summed E-state index contributed by atoms with van der Waals surface area (Å²) in [7, 11) is 1.62. The van der Waals surface area contributed by atoms with E-state index >= 15 is 4.39 Å². The lowest BCUT2D eigenvalue weighted by atomic mass is 9.88. The lowest BCUT2D eigenvalue weighted by Crippen LogP contribution is -2.50. The van der Waals surface area contributed by atoms with Crippen molar-refractivity contribution in [2.45, 2.75) is 108 Å². The van der Waals surface area contributed by atoms with Gasteiger partial charge in [-0.1, -0.05) is 67.6 Å². The zero-order valence-corrected chi connectivity index (χ0v) is 45.9. The summed E-state index contributed by atoms with van der Waals surface area (Å²) in [6, 6.07) is 15.1. The fourth-order valence-corrected chi connectivity index (χ4v) is 11.9. The Kier molecular flexibility index (Phi) is 14.9. The number of fused-ring (bicyclic) bond motifs is 4. The summed E-state index contributed by atoms with van der Waals surface area (Å²) in [4.78, 5) is 46.0. The van der Waals surface area contributed by atoms with E-state index in [1.807, 2.05) is 45.0 Å². The molecule has 8 aromatic rings. The quantitative estimate of drug-likeness (QED) is 0.0524. The smallest absolute Gasteiger partial charge is 0.319 e. The molecular formula is C60H63F3N12O7. The number of nitrogens with zero attached hydrogens (tertiary/aromatic N) is 9. The summed E-state index contributed by atoms with van der Waals surface area (Å²) in [6.45, 7) is 8.68. The van der Waals surface area contributed by atoms with Gasteiger partial charge in [0, 0.05) is 72.7 Å². The maximum Gasteiger partial charge on any atom is 0.319 e. The Morgan fingerprint density at radius 2 is 1.63 bits per heavy atom. The van der Waals surface area contributed by atoms with Crippen molar-refractivity contribution in [2.24, 2.45) is 5.92 Å². The van der Waals surface area contributed by atoms with Gasteiger partial charge in [0.2, 0.25) is 11.8 Å². The molecule has 1 aliphatic carbocycles. The van der Waals surface area contributed by atoms with E-state index < -0.39 is 54.3 Å². The second kappa shape index (κ2) is 22.4. The Bertz CT molecular complexity index is 3690. The number of piperazine rings is 1. The predicted octanol–water partition coefficient (Wildman–Crippen LogP) is 7.65. The van der Waals surface area contributed by atoms with E-state index in [-0.39, 0.29) is 73.1 Å². The van der Waals surface area contributed by atoms with Gasteiger partial charge in [-0.05, 0) is 84.9 Å². The molecule has 12 rings (SSSR count). The third-order valence-electron chi connectivity index (χ3n) is 16.5. The van der Waals surface area contributed by atoms with Crippen molar-refractivity contribution in [3.8, 4) is 45.3 Å². The number of pyridine rings is 1. The van der Waals surface area contributed by atoms with Crippen LogP contribution in [0, 0.1) is 30.3 Å². The van der Waals surface area contributed by atoms with Crippen LogP contribution in [0.2, 0.25) is 0 Å². The predicted molar refractivity (Wildman–Crippen MR) is 298 cm³/mol. The molecule has 4 fully saturated rings. The molecule has 22 heteroatoms. The Balaban J connectivity index is 0.817. The third-order valence-corrected chi connectivity index (χ3v) is 16.5. The first-order valence-electron chi connectivity index (χ1n) is 27.8. The number of benzene rings is 4. The van der Waals surface area contributed by atoms with Crippen molar-refractivity contribution < 1.29 is 47.2 Å². The fourth-order valence-electron chi connectivity index (χ4n) is 11.9. The van der Waals surface area contributed by atoms with Crippen molar-refractivity contribution in [1.29, 1.82) is 0 Å². The van der Waals surface area contributed by atoms with E-state index in [4.69, 9.17) is 24.2 Å². The van der Waals surface area contributed by atoms with Gasteiger partial charge >= 0.3 is 6.01 Å². The van der Waals surface area contributed by atoms with Gasteiger partial charge in [-0.25, -0.2) is 17.9 Å². The van der Waals surface area contributed by atoms with Crippen molar-refractivity contribution >= 4 is 39.4 Å². The molecule has 7 heterocycles. The van der Waals surface area contributed by atoms with Crippen LogP contribution in [-0.2, 0) is 20.9 Å². The number of methoxy groups -OCH3 is 1. The lowest BCUT2D eigenvalue weighted by Gasteiger charge is -2.30. The highest BCUT2D eigenvalue weighted by molar-refractivity contribution is 6.06. The monoisotopic (exact) mass is 1120 g/mol. The van der Waals surface area contributed by atoms with Crippen LogP contribution in [0.25, 0.3) is 55.3 Å². The second-order valence-corrected chi connectivity index (χ2v) is 22.4. The molecule has 0 unspecified atom stereocenters. The highest BCUT2D eigenvalue weighted by Crippen LogP contribution is 2.53. The standard InChI is InChI=1S/C60H63F3N12O7/c1-30(2)55(59(79)74-25-40(77)17-50(74)58(78)67-49(27-76)36-12-14-37(15-13-36)52-45(62)22-64-23-46(52)63)75-26-48(71-72-75)35-8-6-33(7-9-35)29-81-56-53(51-32(4)44(61)19-47-43(51)21-66-70-47)41(34-10-11-34)18-42-54(56)68-60(82-28-31(3)80-5)69-57(42)73-24-38-16-39(73)20-65-38/h6-9,12-15,18-19,21-23,26,30-31,34,38-40,49-50,55,65,76-77H,10-11,16-17,20,24-25,27-29H2,1-5H3,(H,66,70)(H,67,78)/t31-,38-,39-,40+,49-,50-,55-/m0/s1. The summed E-state index contributed by atoms with van der Waals surface area (Å²) < 4.78 is 65.4. The number of aliphatic hydroxyl groups is 2. The molecule has 7 atom stereocenters. The number of ether oxygens (including phenoxy) is 3. The average molecular weight is 1120 g/mol. The van der Waals surface area contributed by atoms with E-state index in [1.165, 1.54) is 27.8 Å². The van der Waals surface area contributed by atoms with Crippen LogP contribution in [0.4, 0.5) is 19.0 Å². The lowest BCUT2D eigenvalue weighted by molar-refractivity contribution is -0.142. The first kappa shape index (κ1) is 54.5. The molecule has 3 aliphatic heterocycles. The Morgan fingerprint density at radius 1 is 0.878 bits per heavy atom. The number of H-pyrrole nitrogens is 1. The van der Waals surface area contributed by atoms with Gasteiger partial charge in [0.25, 0.3) is 0 Å². The van der Waals surface area contributed by atoms with Crippen LogP contribution < -0.4 is 25.0 Å². The topological polar surface area (TPSA) is 231 Å². The number of amides is 2. The molecule has 4 aromatic carbocycles. The summed E-state index contributed by atoms with van der Waals surface area (Å²) >= 11 is 0. The average Bonchev–Trinajstić information content (AvgIpc) is 2.73. The molecule has 2 bridgehead atoms. The summed E-state index contributed by atoms with van der Waals surface area (Å²) in [5.41, 5.74) is 6.43. The van der Waals surface area contributed by atoms with Crippen molar-refractivity contribution in [1.82, 2.24) is 55.7 Å². The summed E-state index contributed by atoms with van der Waals surface area (Å²) in [5.74, 6) is -2.00. The molecule has 5 N–H and O–H groups in total. The second-order valence-electron chi connectivity index (χ2n) is 22.4. The van der Waals surface area contributed by atoms with Crippen LogP contribution in [0.15, 0.2) is 85.5 Å². The minimum Gasteiger partial charge on any atom is -0.486 e. The number of hydrogen-bond acceptors (Lipinski definition) is 15. The van der Waals surface area contributed by atoms with E-state index in [9.17, 15) is 28.6 Å². The first-order chi connectivity index (χ1) is 39.7. The zero-order chi connectivity index (χ0) is 57.1. The highest BCUT2D eigenvalue weighted by Gasteiger charge is 2.44. The molecule has 4 aromatic heterocycles. The van der Waals surface area contributed by atoms with Gasteiger partial charge in [0.15, 0.2) is 17.4 Å². The van der Waals surface area contributed by atoms with Crippen LogP contribution in [-0.4, -0.2) is 137 Å². The van der Waals surface area contributed by atoms with Crippen LogP contribution >= 0.6 is 0 Å². The van der Waals surface area contributed by atoms with Gasteiger partial charge < -0.3 is 44.9 Å². The Labute approximate surface area is 470 Å². The maximum atomic E-state index is 16.1. The molecule has 2 amide bonds. The molecular weight excluding hydrogens is 1060 g/mol. The van der Waals surface area contributed by atoms with Gasteiger partial charge in [-0.2, -0.15) is 15.1 Å². The number of aliphatic hydroxyl groups excluding tert-OH is 2. The van der Waals surface area contributed by atoms with Gasteiger partial charge in [0.1, 0.15) is 48.1 Å². The molecule has 4 aliphatic rings. The largest absolute Gasteiger partial charge is 0.486 e. The van der Waals surface area contributed by atoms with E-state index in [2.05, 4.69) is 47.1 Å².